The van der Waals surface area contributed by atoms with Crippen LogP contribution in [0.2, 0.25) is 0 Å². The zero-order valence-electron chi connectivity index (χ0n) is 14.1. The van der Waals surface area contributed by atoms with E-state index in [0.717, 1.165) is 19.6 Å². The molecule has 25 heavy (non-hydrogen) atoms. The van der Waals surface area contributed by atoms with E-state index in [9.17, 15) is 4.79 Å². The Hall–Kier alpha value is -1.89. The molecule has 6 heteroatoms. The summed E-state index contributed by atoms with van der Waals surface area (Å²) in [7, 11) is 0. The van der Waals surface area contributed by atoms with Gasteiger partial charge >= 0.3 is 0 Å². The van der Waals surface area contributed by atoms with Crippen molar-refractivity contribution in [1.29, 1.82) is 0 Å². The summed E-state index contributed by atoms with van der Waals surface area (Å²) in [6.45, 7) is 5.27. The van der Waals surface area contributed by atoms with Gasteiger partial charge in [-0.3, -0.25) is 9.69 Å². The molecule has 1 amide bonds. The number of morpholine rings is 1. The van der Waals surface area contributed by atoms with Gasteiger partial charge in [0.1, 0.15) is 11.9 Å². The average molecular weight is 358 g/mol. The molecule has 3 heterocycles. The third-order valence-corrected chi connectivity index (χ3v) is 5.35. The number of para-hydroxylation sites is 1. The molecule has 4 rings (SSSR count). The van der Waals surface area contributed by atoms with Crippen LogP contribution in [0.3, 0.4) is 0 Å². The van der Waals surface area contributed by atoms with Crippen molar-refractivity contribution in [3.05, 3.63) is 52.2 Å². The molecule has 0 atom stereocenters. The van der Waals surface area contributed by atoms with Crippen LogP contribution in [0, 0.1) is 0 Å². The number of hydrogen-bond acceptors (Lipinski definition) is 5. The van der Waals surface area contributed by atoms with Crippen LogP contribution >= 0.6 is 11.3 Å². The minimum absolute atomic E-state index is 0.0355. The van der Waals surface area contributed by atoms with Crippen LogP contribution in [0.1, 0.15) is 15.9 Å². The Balaban J connectivity index is 1.36. The molecular weight excluding hydrogens is 336 g/mol. The van der Waals surface area contributed by atoms with Crippen molar-refractivity contribution in [2.75, 3.05) is 39.4 Å². The molecule has 0 aliphatic carbocycles. The molecule has 132 valence electrons. The Bertz CT molecular complexity index is 707. The zero-order valence-corrected chi connectivity index (χ0v) is 14.9. The quantitative estimate of drug-likeness (QED) is 0.824. The monoisotopic (exact) mass is 358 g/mol. The number of benzene rings is 1. The smallest absolute Gasteiger partial charge is 0.257 e. The molecular formula is C19H22N2O3S. The van der Waals surface area contributed by atoms with E-state index in [1.165, 1.54) is 5.56 Å². The molecule has 1 aromatic heterocycles. The Morgan fingerprint density at radius 2 is 2.00 bits per heavy atom. The van der Waals surface area contributed by atoms with Crippen molar-refractivity contribution >= 4 is 17.2 Å². The molecule has 5 nitrogen and oxygen atoms in total. The molecule has 2 saturated heterocycles. The maximum absolute atomic E-state index is 12.8. The summed E-state index contributed by atoms with van der Waals surface area (Å²) in [5.41, 5.74) is 2.01. The summed E-state index contributed by atoms with van der Waals surface area (Å²) in [5, 5.41) is 4.29. The summed E-state index contributed by atoms with van der Waals surface area (Å²) in [4.78, 5) is 17.0. The third-order valence-electron chi connectivity index (χ3n) is 4.62. The van der Waals surface area contributed by atoms with Gasteiger partial charge in [0, 0.05) is 32.7 Å². The molecule has 1 aromatic carbocycles. The van der Waals surface area contributed by atoms with Crippen LogP contribution < -0.4 is 4.74 Å². The maximum atomic E-state index is 12.8. The lowest BCUT2D eigenvalue weighted by Gasteiger charge is -2.39. The van der Waals surface area contributed by atoms with E-state index in [2.05, 4.69) is 21.7 Å². The lowest BCUT2D eigenvalue weighted by molar-refractivity contribution is 0.0126. The molecule has 2 aliphatic heterocycles. The Morgan fingerprint density at radius 3 is 2.76 bits per heavy atom. The fourth-order valence-corrected chi connectivity index (χ4v) is 3.89. The van der Waals surface area contributed by atoms with Crippen LogP contribution in [0.25, 0.3) is 0 Å². The number of carbonyl (C=O) groups excluding carboxylic acids is 1. The summed E-state index contributed by atoms with van der Waals surface area (Å²) >= 11 is 1.73. The van der Waals surface area contributed by atoms with Gasteiger partial charge in [-0.15, -0.1) is 0 Å². The van der Waals surface area contributed by atoms with E-state index in [0.29, 0.717) is 37.6 Å². The number of rotatable bonds is 5. The third kappa shape index (κ3) is 3.86. The van der Waals surface area contributed by atoms with Gasteiger partial charge in [0.25, 0.3) is 5.91 Å². The number of likely N-dealkylation sites (tertiary alicyclic amines) is 1. The van der Waals surface area contributed by atoms with Gasteiger partial charge in [-0.1, -0.05) is 12.1 Å². The van der Waals surface area contributed by atoms with E-state index >= 15 is 0 Å². The first kappa shape index (κ1) is 16.6. The topological polar surface area (TPSA) is 42.0 Å². The second-order valence-corrected chi connectivity index (χ2v) is 7.25. The Morgan fingerprint density at radius 1 is 1.20 bits per heavy atom. The van der Waals surface area contributed by atoms with Crippen LogP contribution in [0.15, 0.2) is 41.1 Å². The highest BCUT2D eigenvalue weighted by atomic mass is 32.1. The molecule has 0 saturated carbocycles. The van der Waals surface area contributed by atoms with Gasteiger partial charge in [0.05, 0.1) is 18.8 Å². The van der Waals surface area contributed by atoms with Gasteiger partial charge in [-0.25, -0.2) is 0 Å². The molecule has 0 N–H and O–H groups in total. The van der Waals surface area contributed by atoms with E-state index in [1.807, 2.05) is 29.2 Å². The van der Waals surface area contributed by atoms with Crippen molar-refractivity contribution in [2.24, 2.45) is 0 Å². The molecule has 0 radical (unpaired) electrons. The largest absolute Gasteiger partial charge is 0.487 e. The Labute approximate surface area is 151 Å². The predicted molar refractivity (Wildman–Crippen MR) is 97.2 cm³/mol. The average Bonchev–Trinajstić information content (AvgIpc) is 3.14. The van der Waals surface area contributed by atoms with Gasteiger partial charge < -0.3 is 14.4 Å². The molecule has 2 aromatic rings. The van der Waals surface area contributed by atoms with Crippen LogP contribution in [-0.4, -0.2) is 61.2 Å². The van der Waals surface area contributed by atoms with Crippen molar-refractivity contribution in [3.8, 4) is 5.75 Å². The molecule has 0 unspecified atom stereocenters. The number of nitrogens with zero attached hydrogens (tertiary/aromatic N) is 2. The van der Waals surface area contributed by atoms with Crippen LogP contribution in [-0.2, 0) is 11.3 Å². The predicted octanol–water partition coefficient (Wildman–Crippen LogP) is 2.48. The fraction of sp³-hybridized carbons (Fsp3) is 0.421. The second kappa shape index (κ2) is 7.56. The number of carbonyl (C=O) groups is 1. The first-order valence-corrected chi connectivity index (χ1v) is 9.60. The van der Waals surface area contributed by atoms with E-state index in [-0.39, 0.29) is 12.0 Å². The van der Waals surface area contributed by atoms with Crippen molar-refractivity contribution in [3.63, 3.8) is 0 Å². The van der Waals surface area contributed by atoms with Crippen molar-refractivity contribution in [1.82, 2.24) is 9.80 Å². The van der Waals surface area contributed by atoms with E-state index in [1.54, 1.807) is 11.3 Å². The molecule has 0 bridgehead atoms. The summed E-state index contributed by atoms with van der Waals surface area (Å²) in [6.07, 6.45) is 0.150. The number of amides is 1. The van der Waals surface area contributed by atoms with Crippen molar-refractivity contribution in [2.45, 2.75) is 12.6 Å². The lowest BCUT2D eigenvalue weighted by Crippen LogP contribution is -2.53. The summed E-state index contributed by atoms with van der Waals surface area (Å²) in [6, 6.07) is 9.73. The molecule has 0 spiro atoms. The zero-order chi connectivity index (χ0) is 17.1. The number of thiophene rings is 1. The SMILES string of the molecule is O=C(c1ccccc1OC1CN(Cc2ccsc2)C1)N1CCOCC1. The van der Waals surface area contributed by atoms with Crippen LogP contribution in [0.4, 0.5) is 0 Å². The molecule has 2 aliphatic rings. The highest BCUT2D eigenvalue weighted by molar-refractivity contribution is 7.07. The van der Waals surface area contributed by atoms with Crippen molar-refractivity contribution < 1.29 is 14.3 Å². The van der Waals surface area contributed by atoms with Gasteiger partial charge in [0.15, 0.2) is 0 Å². The summed E-state index contributed by atoms with van der Waals surface area (Å²) < 4.78 is 11.5. The second-order valence-electron chi connectivity index (χ2n) is 6.47. The maximum Gasteiger partial charge on any atom is 0.257 e. The molecule has 2 fully saturated rings. The minimum atomic E-state index is 0.0355. The minimum Gasteiger partial charge on any atom is -0.487 e. The first-order valence-electron chi connectivity index (χ1n) is 8.66. The number of ether oxygens (including phenoxy) is 2. The normalized spacial score (nSPS) is 18.8. The van der Waals surface area contributed by atoms with Crippen LogP contribution in [0.5, 0.6) is 5.75 Å². The van der Waals surface area contributed by atoms with E-state index in [4.69, 9.17) is 9.47 Å². The first-order chi connectivity index (χ1) is 12.3. The number of hydrogen-bond donors (Lipinski definition) is 0. The highest BCUT2D eigenvalue weighted by Gasteiger charge is 2.30. The standard InChI is InChI=1S/C19H22N2O3S/c22-19(21-6-8-23-9-7-21)17-3-1-2-4-18(17)24-16-12-20(13-16)11-15-5-10-25-14-15/h1-5,10,14,16H,6-9,11-13H2. The van der Waals surface area contributed by atoms with Gasteiger partial charge in [-0.05, 0) is 34.5 Å². The van der Waals surface area contributed by atoms with Gasteiger partial charge in [-0.2, -0.15) is 11.3 Å². The Kier molecular flexibility index (Phi) is 5.01. The van der Waals surface area contributed by atoms with Gasteiger partial charge in [0.2, 0.25) is 0 Å². The highest BCUT2D eigenvalue weighted by Crippen LogP contribution is 2.25. The fourth-order valence-electron chi connectivity index (χ4n) is 3.23. The summed E-state index contributed by atoms with van der Waals surface area (Å²) in [5.74, 6) is 0.729. The van der Waals surface area contributed by atoms with E-state index < -0.39 is 0 Å². The lowest BCUT2D eigenvalue weighted by atomic mass is 10.1.